The van der Waals surface area contributed by atoms with Crippen molar-refractivity contribution in [2.45, 2.75) is 38.0 Å². The molecule has 6 heteroatoms. The summed E-state index contributed by atoms with van der Waals surface area (Å²) in [7, 11) is 0. The van der Waals surface area contributed by atoms with Crippen LogP contribution in [0.4, 0.5) is 8.78 Å². The number of carboxylic acid groups (broad SMARTS) is 1. The van der Waals surface area contributed by atoms with E-state index in [1.807, 2.05) is 0 Å². The van der Waals surface area contributed by atoms with E-state index in [1.54, 1.807) is 0 Å². The van der Waals surface area contributed by atoms with Gasteiger partial charge in [-0.3, -0.25) is 9.59 Å². The average Bonchev–Trinajstić information content (AvgIpc) is 2.61. The Balaban J connectivity index is 2.12. The summed E-state index contributed by atoms with van der Waals surface area (Å²) >= 11 is 0. The second-order valence-electron chi connectivity index (χ2n) is 5.28. The molecule has 0 bridgehead atoms. The number of ether oxygens (including phenoxy) is 1. The summed E-state index contributed by atoms with van der Waals surface area (Å²) in [5.74, 6) is -4.77. The molecule has 0 aromatic rings. The first-order chi connectivity index (χ1) is 8.36. The molecule has 4 nitrogen and oxygen atoms in total. The van der Waals surface area contributed by atoms with Crippen LogP contribution >= 0.6 is 0 Å². The lowest BCUT2D eigenvalue weighted by atomic mass is 9.74. The minimum atomic E-state index is -2.72. The van der Waals surface area contributed by atoms with Gasteiger partial charge in [-0.25, -0.2) is 8.78 Å². The maximum atomic E-state index is 13.1. The van der Waals surface area contributed by atoms with E-state index in [1.165, 1.54) is 0 Å². The van der Waals surface area contributed by atoms with Crippen LogP contribution in [0.1, 0.15) is 32.1 Å². The number of carboxylic acids is 1. The Morgan fingerprint density at radius 3 is 2.72 bits per heavy atom. The first kappa shape index (κ1) is 13.4. The monoisotopic (exact) mass is 262 g/mol. The summed E-state index contributed by atoms with van der Waals surface area (Å²) in [6.45, 7) is 0.0257. The fourth-order valence-corrected chi connectivity index (χ4v) is 2.88. The van der Waals surface area contributed by atoms with Gasteiger partial charge in [0.05, 0.1) is 13.2 Å². The standard InChI is InChI=1S/C12H16F2O4/c13-12(14)3-1-8(6-12)5-11(10(16)17)7-18-4-2-9(11)15/h8H,1-7H2,(H,16,17). The Hall–Kier alpha value is -1.04. The Bertz CT molecular complexity index is 369. The van der Waals surface area contributed by atoms with Crippen molar-refractivity contribution in [2.24, 2.45) is 11.3 Å². The van der Waals surface area contributed by atoms with Gasteiger partial charge in [0.1, 0.15) is 5.41 Å². The van der Waals surface area contributed by atoms with Gasteiger partial charge in [-0.15, -0.1) is 0 Å². The van der Waals surface area contributed by atoms with Gasteiger partial charge in [-0.05, 0) is 18.8 Å². The molecule has 2 fully saturated rings. The topological polar surface area (TPSA) is 63.6 Å². The Morgan fingerprint density at radius 2 is 2.22 bits per heavy atom. The first-order valence-electron chi connectivity index (χ1n) is 6.08. The zero-order chi connectivity index (χ0) is 13.4. The zero-order valence-electron chi connectivity index (χ0n) is 9.95. The maximum absolute atomic E-state index is 13.1. The summed E-state index contributed by atoms with van der Waals surface area (Å²) in [6.07, 6.45) is -0.251. The van der Waals surface area contributed by atoms with Gasteiger partial charge in [0.25, 0.3) is 0 Å². The number of Topliss-reactive ketones (excluding diaryl/α,β-unsaturated/α-hetero) is 1. The van der Waals surface area contributed by atoms with E-state index in [-0.39, 0.29) is 45.3 Å². The maximum Gasteiger partial charge on any atom is 0.319 e. The number of carbonyl (C=O) groups excluding carboxylic acids is 1. The third-order valence-electron chi connectivity index (χ3n) is 3.91. The average molecular weight is 262 g/mol. The van der Waals surface area contributed by atoms with E-state index in [0.717, 1.165) is 0 Å². The smallest absolute Gasteiger partial charge is 0.319 e. The SMILES string of the molecule is O=C(O)C1(CC2CCC(F)(F)C2)COCCC1=O. The molecule has 0 spiro atoms. The van der Waals surface area contributed by atoms with Crippen LogP contribution in [0.15, 0.2) is 0 Å². The van der Waals surface area contributed by atoms with Gasteiger partial charge in [-0.1, -0.05) is 0 Å². The zero-order valence-corrected chi connectivity index (χ0v) is 9.95. The Morgan fingerprint density at radius 1 is 1.50 bits per heavy atom. The summed E-state index contributed by atoms with van der Waals surface area (Å²) in [4.78, 5) is 23.2. The van der Waals surface area contributed by atoms with Crippen molar-refractivity contribution in [3.05, 3.63) is 0 Å². The molecule has 1 aliphatic heterocycles. The lowest BCUT2D eigenvalue weighted by Crippen LogP contribution is -2.48. The summed E-state index contributed by atoms with van der Waals surface area (Å²) in [6, 6.07) is 0. The van der Waals surface area contributed by atoms with Crippen LogP contribution in [0.25, 0.3) is 0 Å². The summed E-state index contributed by atoms with van der Waals surface area (Å²) in [5, 5.41) is 9.26. The van der Waals surface area contributed by atoms with Crippen LogP contribution in [-0.2, 0) is 14.3 Å². The molecule has 2 rings (SSSR count). The van der Waals surface area contributed by atoms with E-state index in [0.29, 0.717) is 0 Å². The van der Waals surface area contributed by atoms with E-state index in [9.17, 15) is 23.5 Å². The third kappa shape index (κ3) is 2.39. The van der Waals surface area contributed by atoms with Crippen LogP contribution in [0.5, 0.6) is 0 Å². The van der Waals surface area contributed by atoms with Crippen molar-refractivity contribution < 1.29 is 28.2 Å². The van der Waals surface area contributed by atoms with Crippen molar-refractivity contribution in [1.29, 1.82) is 0 Å². The highest BCUT2D eigenvalue weighted by molar-refractivity contribution is 6.03. The van der Waals surface area contributed by atoms with Gasteiger partial charge in [-0.2, -0.15) is 0 Å². The van der Waals surface area contributed by atoms with Crippen molar-refractivity contribution >= 4 is 11.8 Å². The second-order valence-corrected chi connectivity index (χ2v) is 5.28. The minimum Gasteiger partial charge on any atom is -0.480 e. The van der Waals surface area contributed by atoms with Crippen LogP contribution < -0.4 is 0 Å². The normalized spacial score (nSPS) is 35.7. The number of alkyl halides is 2. The molecule has 18 heavy (non-hydrogen) atoms. The molecule has 1 heterocycles. The Labute approximate surface area is 103 Å². The highest BCUT2D eigenvalue weighted by Gasteiger charge is 2.51. The van der Waals surface area contributed by atoms with E-state index >= 15 is 0 Å². The molecule has 0 aromatic carbocycles. The molecule has 0 aromatic heterocycles. The van der Waals surface area contributed by atoms with Gasteiger partial charge in [0.15, 0.2) is 5.78 Å². The number of halogens is 2. The fraction of sp³-hybridized carbons (Fsp3) is 0.833. The van der Waals surface area contributed by atoms with Crippen LogP contribution in [0.2, 0.25) is 0 Å². The Kier molecular flexibility index (Phi) is 3.40. The third-order valence-corrected chi connectivity index (χ3v) is 3.91. The lowest BCUT2D eigenvalue weighted by molar-refractivity contribution is -0.166. The predicted molar refractivity (Wildman–Crippen MR) is 57.4 cm³/mol. The van der Waals surface area contributed by atoms with Crippen molar-refractivity contribution in [1.82, 2.24) is 0 Å². The second kappa shape index (κ2) is 4.57. The van der Waals surface area contributed by atoms with Crippen molar-refractivity contribution in [3.63, 3.8) is 0 Å². The van der Waals surface area contributed by atoms with Crippen LogP contribution in [-0.4, -0.2) is 36.0 Å². The lowest BCUT2D eigenvalue weighted by Gasteiger charge is -2.33. The number of aliphatic carboxylic acids is 1. The van der Waals surface area contributed by atoms with E-state index in [2.05, 4.69) is 0 Å². The molecule has 0 radical (unpaired) electrons. The number of carbonyl (C=O) groups is 2. The molecule has 2 unspecified atom stereocenters. The molecule has 2 atom stereocenters. The number of rotatable bonds is 3. The fourth-order valence-electron chi connectivity index (χ4n) is 2.88. The molecule has 1 saturated carbocycles. The van der Waals surface area contributed by atoms with Gasteiger partial charge in [0, 0.05) is 19.3 Å². The predicted octanol–water partition coefficient (Wildman–Crippen LogP) is 1.87. The minimum absolute atomic E-state index is 0.0310. The summed E-state index contributed by atoms with van der Waals surface area (Å²) in [5.41, 5.74) is -1.61. The molecule has 1 saturated heterocycles. The number of hydrogen-bond acceptors (Lipinski definition) is 3. The molecule has 1 N–H and O–H groups in total. The van der Waals surface area contributed by atoms with Crippen molar-refractivity contribution in [2.75, 3.05) is 13.2 Å². The van der Waals surface area contributed by atoms with Gasteiger partial charge < -0.3 is 9.84 Å². The highest BCUT2D eigenvalue weighted by Crippen LogP contribution is 2.45. The molecule has 2 aliphatic rings. The van der Waals surface area contributed by atoms with E-state index in [4.69, 9.17) is 4.74 Å². The molecular formula is C12H16F2O4. The highest BCUT2D eigenvalue weighted by atomic mass is 19.3. The van der Waals surface area contributed by atoms with Crippen molar-refractivity contribution in [3.8, 4) is 0 Å². The van der Waals surface area contributed by atoms with Gasteiger partial charge in [0.2, 0.25) is 5.92 Å². The van der Waals surface area contributed by atoms with E-state index < -0.39 is 29.0 Å². The summed E-state index contributed by atoms with van der Waals surface area (Å²) < 4.78 is 31.3. The quantitative estimate of drug-likeness (QED) is 0.789. The molecule has 0 amide bonds. The first-order valence-corrected chi connectivity index (χ1v) is 6.08. The number of hydrogen-bond donors (Lipinski definition) is 1. The molecular weight excluding hydrogens is 246 g/mol. The largest absolute Gasteiger partial charge is 0.480 e. The number of ketones is 1. The van der Waals surface area contributed by atoms with Crippen LogP contribution in [0.3, 0.4) is 0 Å². The molecule has 102 valence electrons. The van der Waals surface area contributed by atoms with Crippen LogP contribution in [0, 0.1) is 11.3 Å². The molecule has 1 aliphatic carbocycles. The van der Waals surface area contributed by atoms with Gasteiger partial charge >= 0.3 is 5.97 Å².